The van der Waals surface area contributed by atoms with Crippen LogP contribution in [0.3, 0.4) is 0 Å². The Balaban J connectivity index is 2.22. The van der Waals surface area contributed by atoms with Crippen molar-refractivity contribution in [2.45, 2.75) is 12.5 Å². The molecule has 1 heterocycles. The fraction of sp³-hybridized carbons (Fsp3) is 0.467. The van der Waals surface area contributed by atoms with Gasteiger partial charge in [-0.15, -0.1) is 6.58 Å². The van der Waals surface area contributed by atoms with Crippen molar-refractivity contribution in [2.24, 2.45) is 0 Å². The van der Waals surface area contributed by atoms with E-state index in [4.69, 9.17) is 4.74 Å². The van der Waals surface area contributed by atoms with Gasteiger partial charge in [-0.2, -0.15) is 0 Å². The van der Waals surface area contributed by atoms with E-state index in [0.29, 0.717) is 6.04 Å². The zero-order valence-corrected chi connectivity index (χ0v) is 12.9. The Kier molecular flexibility index (Phi) is 5.43. The maximum absolute atomic E-state index is 5.29. The topological polar surface area (TPSA) is 24.5 Å². The van der Waals surface area contributed by atoms with Gasteiger partial charge in [0.25, 0.3) is 0 Å². The van der Waals surface area contributed by atoms with Gasteiger partial charge in [0, 0.05) is 32.2 Å². The summed E-state index contributed by atoms with van der Waals surface area (Å²) in [6.45, 7) is 8.19. The van der Waals surface area contributed by atoms with E-state index in [9.17, 15) is 0 Å². The maximum Gasteiger partial charge on any atom is 0.133 e. The Morgan fingerprint density at radius 3 is 2.79 bits per heavy atom. The number of hydrogen-bond acceptors (Lipinski definition) is 3. The minimum absolute atomic E-state index is 0.404. The molecule has 3 nitrogen and oxygen atoms in total. The molecule has 0 spiro atoms. The third-order valence-corrected chi connectivity index (χ3v) is 4.16. The highest BCUT2D eigenvalue weighted by atomic mass is 79.9. The summed E-state index contributed by atoms with van der Waals surface area (Å²) < 4.78 is 6.31. The third kappa shape index (κ3) is 3.59. The summed E-state index contributed by atoms with van der Waals surface area (Å²) >= 11 is 3.57. The van der Waals surface area contributed by atoms with Crippen LogP contribution in [0.5, 0.6) is 5.75 Å². The quantitative estimate of drug-likeness (QED) is 0.843. The lowest BCUT2D eigenvalue weighted by Crippen LogP contribution is -2.45. The van der Waals surface area contributed by atoms with E-state index in [0.717, 1.165) is 42.8 Å². The Morgan fingerprint density at radius 2 is 2.21 bits per heavy atom. The molecule has 0 unspecified atom stereocenters. The molecule has 1 saturated heterocycles. The molecule has 1 aromatic rings. The summed E-state index contributed by atoms with van der Waals surface area (Å²) in [6, 6.07) is 6.74. The molecule has 0 saturated carbocycles. The van der Waals surface area contributed by atoms with E-state index in [1.54, 1.807) is 7.11 Å². The lowest BCUT2D eigenvalue weighted by molar-refractivity contribution is 0.174. The molecule has 1 aliphatic rings. The summed E-state index contributed by atoms with van der Waals surface area (Å²) in [5.74, 6) is 0.876. The fourth-order valence-corrected chi connectivity index (χ4v) is 3.10. The van der Waals surface area contributed by atoms with Crippen molar-refractivity contribution < 1.29 is 4.74 Å². The molecule has 104 valence electrons. The van der Waals surface area contributed by atoms with Crippen LogP contribution < -0.4 is 10.1 Å². The number of rotatable bonds is 5. The second-order valence-corrected chi connectivity index (χ2v) is 5.57. The van der Waals surface area contributed by atoms with Crippen molar-refractivity contribution in [3.8, 4) is 5.75 Å². The molecule has 1 N–H and O–H groups in total. The van der Waals surface area contributed by atoms with Crippen LogP contribution >= 0.6 is 15.9 Å². The zero-order valence-electron chi connectivity index (χ0n) is 11.4. The zero-order chi connectivity index (χ0) is 13.7. The number of hydrogen-bond donors (Lipinski definition) is 1. The molecule has 0 aliphatic carbocycles. The van der Waals surface area contributed by atoms with Crippen LogP contribution in [0.4, 0.5) is 0 Å². The van der Waals surface area contributed by atoms with Crippen LogP contribution in [0.1, 0.15) is 18.0 Å². The third-order valence-electron chi connectivity index (χ3n) is 3.54. The molecule has 0 aromatic heterocycles. The standard InChI is InChI=1S/C15H21BrN2O/c1-3-4-14(18-9-7-17-8-10-18)12-5-6-15(19-2)13(16)11-12/h3,5-6,11,14,17H,1,4,7-10H2,2H3/t14-/m0/s1. The predicted octanol–water partition coefficient (Wildman–Crippen LogP) is 2.98. The van der Waals surface area contributed by atoms with Crippen molar-refractivity contribution >= 4 is 15.9 Å². The van der Waals surface area contributed by atoms with E-state index < -0.39 is 0 Å². The molecule has 1 aromatic carbocycles. The summed E-state index contributed by atoms with van der Waals surface area (Å²) in [6.07, 6.45) is 2.98. The SMILES string of the molecule is C=CC[C@@H](c1ccc(OC)c(Br)c1)N1CCNCC1. The number of benzene rings is 1. The highest BCUT2D eigenvalue weighted by Gasteiger charge is 2.21. The van der Waals surface area contributed by atoms with E-state index in [1.165, 1.54) is 5.56 Å². The Morgan fingerprint density at radius 1 is 1.47 bits per heavy atom. The molecular formula is C15H21BrN2O. The van der Waals surface area contributed by atoms with E-state index in [-0.39, 0.29) is 0 Å². The second kappa shape index (κ2) is 7.08. The van der Waals surface area contributed by atoms with Crippen LogP contribution in [0, 0.1) is 0 Å². The molecule has 4 heteroatoms. The monoisotopic (exact) mass is 324 g/mol. The van der Waals surface area contributed by atoms with Gasteiger partial charge in [-0.25, -0.2) is 0 Å². The number of methoxy groups -OCH3 is 1. The molecule has 1 aliphatic heterocycles. The molecule has 1 atom stereocenters. The summed E-state index contributed by atoms with van der Waals surface area (Å²) in [5, 5.41) is 3.40. The minimum atomic E-state index is 0.404. The molecule has 0 radical (unpaired) electrons. The van der Waals surface area contributed by atoms with Gasteiger partial charge in [-0.05, 0) is 40.0 Å². The van der Waals surface area contributed by atoms with Gasteiger partial charge in [0.15, 0.2) is 0 Å². The predicted molar refractivity (Wildman–Crippen MR) is 82.7 cm³/mol. The average Bonchev–Trinajstić information content (AvgIpc) is 2.45. The van der Waals surface area contributed by atoms with Gasteiger partial charge in [0.1, 0.15) is 5.75 Å². The van der Waals surface area contributed by atoms with Gasteiger partial charge in [0.2, 0.25) is 0 Å². The Bertz CT molecular complexity index is 430. The number of ether oxygens (including phenoxy) is 1. The summed E-state index contributed by atoms with van der Waals surface area (Å²) in [5.41, 5.74) is 1.31. The minimum Gasteiger partial charge on any atom is -0.496 e. The smallest absolute Gasteiger partial charge is 0.133 e. The number of nitrogens with one attached hydrogen (secondary N) is 1. The van der Waals surface area contributed by atoms with Crippen molar-refractivity contribution in [3.63, 3.8) is 0 Å². The van der Waals surface area contributed by atoms with Crippen LogP contribution in [0.2, 0.25) is 0 Å². The first-order valence-corrected chi connectivity index (χ1v) is 7.44. The molecule has 2 rings (SSSR count). The molecule has 1 fully saturated rings. The van der Waals surface area contributed by atoms with E-state index >= 15 is 0 Å². The second-order valence-electron chi connectivity index (χ2n) is 4.72. The van der Waals surface area contributed by atoms with Crippen molar-refractivity contribution in [3.05, 3.63) is 40.9 Å². The van der Waals surface area contributed by atoms with Gasteiger partial charge in [0.05, 0.1) is 11.6 Å². The lowest BCUT2D eigenvalue weighted by Gasteiger charge is -2.35. The average molecular weight is 325 g/mol. The van der Waals surface area contributed by atoms with Gasteiger partial charge >= 0.3 is 0 Å². The summed E-state index contributed by atoms with van der Waals surface area (Å²) in [7, 11) is 1.69. The van der Waals surface area contributed by atoms with Crippen LogP contribution in [0.25, 0.3) is 0 Å². The molecule has 0 amide bonds. The Labute approximate surface area is 123 Å². The fourth-order valence-electron chi connectivity index (χ4n) is 2.54. The normalized spacial score (nSPS) is 18.0. The van der Waals surface area contributed by atoms with E-state index in [1.807, 2.05) is 12.1 Å². The van der Waals surface area contributed by atoms with Gasteiger partial charge < -0.3 is 10.1 Å². The number of nitrogens with zero attached hydrogens (tertiary/aromatic N) is 1. The lowest BCUT2D eigenvalue weighted by atomic mass is 10.0. The molecule has 0 bridgehead atoms. The largest absolute Gasteiger partial charge is 0.496 e. The van der Waals surface area contributed by atoms with Crippen LogP contribution in [-0.2, 0) is 0 Å². The Hall–Kier alpha value is -0.840. The van der Waals surface area contributed by atoms with Crippen molar-refractivity contribution in [1.29, 1.82) is 0 Å². The summed E-state index contributed by atoms with van der Waals surface area (Å²) in [4.78, 5) is 2.52. The van der Waals surface area contributed by atoms with E-state index in [2.05, 4.69) is 44.9 Å². The van der Waals surface area contributed by atoms with Gasteiger partial charge in [-0.3, -0.25) is 4.90 Å². The highest BCUT2D eigenvalue weighted by molar-refractivity contribution is 9.10. The first-order chi connectivity index (χ1) is 9.26. The first kappa shape index (κ1) is 14.6. The van der Waals surface area contributed by atoms with Crippen molar-refractivity contribution in [1.82, 2.24) is 10.2 Å². The van der Waals surface area contributed by atoms with Crippen LogP contribution in [-0.4, -0.2) is 38.2 Å². The number of halogens is 1. The molecular weight excluding hydrogens is 304 g/mol. The van der Waals surface area contributed by atoms with Gasteiger partial charge in [-0.1, -0.05) is 12.1 Å². The first-order valence-electron chi connectivity index (χ1n) is 6.65. The van der Waals surface area contributed by atoms with Crippen LogP contribution in [0.15, 0.2) is 35.3 Å². The highest BCUT2D eigenvalue weighted by Crippen LogP contribution is 2.32. The number of piperazine rings is 1. The molecule has 19 heavy (non-hydrogen) atoms. The maximum atomic E-state index is 5.29. The van der Waals surface area contributed by atoms with Crippen molar-refractivity contribution in [2.75, 3.05) is 33.3 Å².